The molecule has 1 N–H and O–H groups in total. The first-order valence-corrected chi connectivity index (χ1v) is 3.98. The number of hydrogen-bond donors (Lipinski definition) is 1. The number of alkyl halides is 3. The van der Waals surface area contributed by atoms with E-state index >= 15 is 0 Å². The highest BCUT2D eigenvalue weighted by Crippen LogP contribution is 2.31. The molecule has 0 saturated carbocycles. The van der Waals surface area contributed by atoms with E-state index in [4.69, 9.17) is 10.1 Å². The summed E-state index contributed by atoms with van der Waals surface area (Å²) in [5.74, 6) is -0.00681. The molecule has 0 aliphatic carbocycles. The van der Waals surface area contributed by atoms with Crippen LogP contribution in [0.5, 0.6) is 5.75 Å². The zero-order valence-electron chi connectivity index (χ0n) is 7.64. The zero-order chi connectivity index (χ0) is 11.5. The predicted octanol–water partition coefficient (Wildman–Crippen LogP) is 3.25. The lowest BCUT2D eigenvalue weighted by atomic mass is 10.2. The minimum atomic E-state index is -4.40. The third kappa shape index (κ3) is 3.12. The average Bonchev–Trinajstić information content (AvgIpc) is 2.17. The summed E-state index contributed by atoms with van der Waals surface area (Å²) in [6.45, 7) is 3.31. The van der Waals surface area contributed by atoms with E-state index in [1.165, 1.54) is 12.1 Å². The molecular weight excluding hydrogens is 207 g/mol. The van der Waals surface area contributed by atoms with Gasteiger partial charge in [0.15, 0.2) is 0 Å². The lowest BCUT2D eigenvalue weighted by molar-refractivity contribution is -0.137. The van der Waals surface area contributed by atoms with Crippen LogP contribution in [-0.4, -0.2) is 6.21 Å². The predicted molar refractivity (Wildman–Crippen MR) is 50.0 cm³/mol. The van der Waals surface area contributed by atoms with Crippen LogP contribution in [-0.2, 0) is 6.18 Å². The Balaban J connectivity index is 2.93. The minimum Gasteiger partial charge on any atom is -0.456 e. The van der Waals surface area contributed by atoms with Gasteiger partial charge in [-0.15, -0.1) is 0 Å². The van der Waals surface area contributed by atoms with Crippen molar-refractivity contribution in [3.05, 3.63) is 42.2 Å². The summed E-state index contributed by atoms with van der Waals surface area (Å²) >= 11 is 0. The summed E-state index contributed by atoms with van der Waals surface area (Å²) in [6.07, 6.45) is -3.58. The number of benzene rings is 1. The van der Waals surface area contributed by atoms with E-state index in [-0.39, 0.29) is 11.5 Å². The van der Waals surface area contributed by atoms with E-state index in [9.17, 15) is 13.2 Å². The van der Waals surface area contributed by atoms with Crippen molar-refractivity contribution in [2.24, 2.45) is 0 Å². The molecule has 0 bridgehead atoms. The van der Waals surface area contributed by atoms with Crippen molar-refractivity contribution in [2.45, 2.75) is 6.18 Å². The van der Waals surface area contributed by atoms with Crippen LogP contribution in [0.15, 0.2) is 36.6 Å². The van der Waals surface area contributed by atoms with Crippen molar-refractivity contribution < 1.29 is 17.9 Å². The van der Waals surface area contributed by atoms with E-state index in [1.807, 2.05) is 0 Å². The van der Waals surface area contributed by atoms with E-state index < -0.39 is 11.7 Å². The molecule has 0 radical (unpaired) electrons. The standard InChI is InChI=1S/C10H8F3NO/c1-7(6-14)15-9-4-2-3-8(5-9)10(11,12)13/h2-6,14H,1H2. The first kappa shape index (κ1) is 11.3. The molecule has 5 heteroatoms. The van der Waals surface area contributed by atoms with Gasteiger partial charge in [-0.05, 0) is 18.2 Å². The summed E-state index contributed by atoms with van der Waals surface area (Å²) in [7, 11) is 0. The molecule has 1 aromatic carbocycles. The van der Waals surface area contributed by atoms with Crippen molar-refractivity contribution in [2.75, 3.05) is 0 Å². The van der Waals surface area contributed by atoms with Crippen molar-refractivity contribution in [3.63, 3.8) is 0 Å². The summed E-state index contributed by atoms with van der Waals surface area (Å²) in [4.78, 5) is 0. The fourth-order valence-corrected chi connectivity index (χ4v) is 0.917. The van der Waals surface area contributed by atoms with Gasteiger partial charge in [0.1, 0.15) is 11.5 Å². The van der Waals surface area contributed by atoms with Gasteiger partial charge in [-0.2, -0.15) is 13.2 Å². The molecule has 0 aromatic heterocycles. The van der Waals surface area contributed by atoms with Gasteiger partial charge in [-0.1, -0.05) is 12.6 Å². The van der Waals surface area contributed by atoms with Gasteiger partial charge in [-0.25, -0.2) is 0 Å². The van der Waals surface area contributed by atoms with E-state index in [0.717, 1.165) is 18.3 Å². The topological polar surface area (TPSA) is 33.1 Å². The van der Waals surface area contributed by atoms with Gasteiger partial charge in [0.25, 0.3) is 0 Å². The molecule has 0 amide bonds. The van der Waals surface area contributed by atoms with Crippen LogP contribution in [0.1, 0.15) is 5.56 Å². The van der Waals surface area contributed by atoms with Gasteiger partial charge < -0.3 is 10.1 Å². The summed E-state index contributed by atoms with van der Waals surface area (Å²) in [6, 6.07) is 4.40. The Morgan fingerprint density at radius 1 is 1.40 bits per heavy atom. The molecule has 15 heavy (non-hydrogen) atoms. The van der Waals surface area contributed by atoms with Gasteiger partial charge >= 0.3 is 6.18 Å². The molecule has 0 aliphatic heterocycles. The Bertz CT molecular complexity index is 384. The molecule has 0 fully saturated rings. The molecule has 0 saturated heterocycles. The van der Waals surface area contributed by atoms with Gasteiger partial charge in [-0.3, -0.25) is 0 Å². The SMILES string of the molecule is C=C(C=N)Oc1cccc(C(F)(F)F)c1. The maximum atomic E-state index is 12.3. The summed E-state index contributed by atoms with van der Waals surface area (Å²) < 4.78 is 41.7. The van der Waals surface area contributed by atoms with Crippen LogP contribution in [0.4, 0.5) is 13.2 Å². The zero-order valence-corrected chi connectivity index (χ0v) is 7.64. The van der Waals surface area contributed by atoms with E-state index in [1.54, 1.807) is 0 Å². The summed E-state index contributed by atoms with van der Waals surface area (Å²) in [5.41, 5.74) is -0.794. The van der Waals surface area contributed by atoms with Crippen LogP contribution < -0.4 is 4.74 Å². The second kappa shape index (κ2) is 4.16. The second-order valence-electron chi connectivity index (χ2n) is 2.74. The monoisotopic (exact) mass is 215 g/mol. The Morgan fingerprint density at radius 2 is 2.07 bits per heavy atom. The lowest BCUT2D eigenvalue weighted by Crippen LogP contribution is -2.05. The third-order valence-electron chi connectivity index (χ3n) is 1.57. The fraction of sp³-hybridized carbons (Fsp3) is 0.100. The number of ether oxygens (including phenoxy) is 1. The highest BCUT2D eigenvalue weighted by atomic mass is 19.4. The quantitative estimate of drug-likeness (QED) is 0.609. The normalized spacial score (nSPS) is 10.9. The minimum absolute atomic E-state index is 0.0123. The molecule has 0 unspecified atom stereocenters. The maximum absolute atomic E-state index is 12.3. The Hall–Kier alpha value is -1.78. The molecule has 0 spiro atoms. The fourth-order valence-electron chi connectivity index (χ4n) is 0.917. The average molecular weight is 215 g/mol. The largest absolute Gasteiger partial charge is 0.456 e. The Morgan fingerprint density at radius 3 is 2.60 bits per heavy atom. The number of hydrogen-bond acceptors (Lipinski definition) is 2. The number of allylic oxidation sites excluding steroid dienone is 1. The highest BCUT2D eigenvalue weighted by molar-refractivity contribution is 5.72. The molecule has 1 rings (SSSR count). The molecule has 1 aromatic rings. The Labute approximate surface area is 84.5 Å². The van der Waals surface area contributed by atoms with Gasteiger partial charge in [0.2, 0.25) is 0 Å². The molecule has 2 nitrogen and oxygen atoms in total. The van der Waals surface area contributed by atoms with E-state index in [2.05, 4.69) is 6.58 Å². The molecule has 0 heterocycles. The van der Waals surface area contributed by atoms with Crippen molar-refractivity contribution >= 4 is 6.21 Å². The van der Waals surface area contributed by atoms with Crippen molar-refractivity contribution in [3.8, 4) is 5.75 Å². The molecule has 80 valence electrons. The number of halogens is 3. The maximum Gasteiger partial charge on any atom is 0.416 e. The van der Waals surface area contributed by atoms with Crippen LogP contribution in [0, 0.1) is 5.41 Å². The second-order valence-corrected chi connectivity index (χ2v) is 2.74. The first-order valence-electron chi connectivity index (χ1n) is 3.98. The van der Waals surface area contributed by atoms with Gasteiger partial charge in [0.05, 0.1) is 11.8 Å². The smallest absolute Gasteiger partial charge is 0.416 e. The highest BCUT2D eigenvalue weighted by Gasteiger charge is 2.30. The Kier molecular flexibility index (Phi) is 3.14. The first-order chi connectivity index (χ1) is 6.93. The molecule has 0 atom stereocenters. The van der Waals surface area contributed by atoms with Crippen LogP contribution >= 0.6 is 0 Å². The molecule has 0 aliphatic rings. The van der Waals surface area contributed by atoms with E-state index in [0.29, 0.717) is 0 Å². The van der Waals surface area contributed by atoms with Gasteiger partial charge in [0, 0.05) is 0 Å². The lowest BCUT2D eigenvalue weighted by Gasteiger charge is -2.09. The van der Waals surface area contributed by atoms with Crippen LogP contribution in [0.2, 0.25) is 0 Å². The van der Waals surface area contributed by atoms with Crippen molar-refractivity contribution in [1.82, 2.24) is 0 Å². The van der Waals surface area contributed by atoms with Crippen LogP contribution in [0.25, 0.3) is 0 Å². The van der Waals surface area contributed by atoms with Crippen LogP contribution in [0.3, 0.4) is 0 Å². The summed E-state index contributed by atoms with van der Waals surface area (Å²) in [5, 5.41) is 6.76. The number of nitrogens with one attached hydrogen (secondary N) is 1. The van der Waals surface area contributed by atoms with Crippen molar-refractivity contribution in [1.29, 1.82) is 5.41 Å². The third-order valence-corrected chi connectivity index (χ3v) is 1.57. The molecular formula is C10H8F3NO. The number of rotatable bonds is 3.